The maximum Gasteiger partial charge on any atom is 0.240 e. The Morgan fingerprint density at radius 3 is 2.75 bits per heavy atom. The molecule has 1 aromatic carbocycles. The summed E-state index contributed by atoms with van der Waals surface area (Å²) >= 11 is 0. The molecule has 3 aliphatic rings. The van der Waals surface area contributed by atoms with Gasteiger partial charge in [0.25, 0.3) is 0 Å². The molecule has 4 rings (SSSR count). The number of amides is 2. The van der Waals surface area contributed by atoms with Crippen molar-refractivity contribution in [2.75, 3.05) is 19.6 Å². The van der Waals surface area contributed by atoms with Gasteiger partial charge in [0.05, 0.1) is 6.04 Å². The first-order valence-electron chi connectivity index (χ1n) is 9.11. The van der Waals surface area contributed by atoms with Crippen molar-refractivity contribution in [1.29, 1.82) is 0 Å². The lowest BCUT2D eigenvalue weighted by atomic mass is 9.94. The standard InChI is InChI=1S/C19H25N3O2/c23-18-8-4-10-22(18)16-7-3-9-21(13-16)19(24)17-11-14-5-1-2-6-15(14)12-20-17/h1-2,5-6,16-17,20H,3-4,7-13H2/t16-,17+/m1/s1. The third kappa shape index (κ3) is 2.93. The van der Waals surface area contributed by atoms with Crippen LogP contribution >= 0.6 is 0 Å². The zero-order chi connectivity index (χ0) is 16.5. The Hall–Kier alpha value is -1.88. The zero-order valence-corrected chi connectivity index (χ0v) is 14.0. The van der Waals surface area contributed by atoms with Crippen molar-refractivity contribution in [2.45, 2.75) is 50.7 Å². The van der Waals surface area contributed by atoms with Gasteiger partial charge in [-0.2, -0.15) is 0 Å². The number of hydrogen-bond acceptors (Lipinski definition) is 3. The van der Waals surface area contributed by atoms with E-state index in [4.69, 9.17) is 0 Å². The molecular weight excluding hydrogens is 302 g/mol. The molecule has 128 valence electrons. The van der Waals surface area contributed by atoms with Gasteiger partial charge < -0.3 is 15.1 Å². The van der Waals surface area contributed by atoms with E-state index in [1.807, 2.05) is 21.9 Å². The summed E-state index contributed by atoms with van der Waals surface area (Å²) in [5.74, 6) is 0.458. The number of carbonyl (C=O) groups excluding carboxylic acids is 2. The molecule has 2 atom stereocenters. The number of carbonyl (C=O) groups is 2. The van der Waals surface area contributed by atoms with Gasteiger partial charge in [-0.25, -0.2) is 0 Å². The van der Waals surface area contributed by atoms with Crippen LogP contribution in [0.25, 0.3) is 0 Å². The molecule has 0 radical (unpaired) electrons. The average molecular weight is 327 g/mol. The molecule has 5 heteroatoms. The van der Waals surface area contributed by atoms with Gasteiger partial charge in [0.2, 0.25) is 11.8 Å². The topological polar surface area (TPSA) is 52.7 Å². The number of hydrogen-bond donors (Lipinski definition) is 1. The van der Waals surface area contributed by atoms with Gasteiger partial charge in [-0.15, -0.1) is 0 Å². The third-order valence-corrected chi connectivity index (χ3v) is 5.64. The van der Waals surface area contributed by atoms with Crippen LogP contribution in [-0.4, -0.2) is 53.3 Å². The van der Waals surface area contributed by atoms with Gasteiger partial charge in [0, 0.05) is 38.6 Å². The summed E-state index contributed by atoms with van der Waals surface area (Å²) in [5.41, 5.74) is 2.57. The van der Waals surface area contributed by atoms with Crippen LogP contribution in [0.3, 0.4) is 0 Å². The van der Waals surface area contributed by atoms with Gasteiger partial charge in [0.1, 0.15) is 0 Å². The Bertz CT molecular complexity index is 645. The molecule has 0 aliphatic carbocycles. The van der Waals surface area contributed by atoms with Crippen molar-refractivity contribution in [1.82, 2.24) is 15.1 Å². The maximum atomic E-state index is 13.0. The molecule has 2 amide bonds. The minimum atomic E-state index is -0.132. The highest BCUT2D eigenvalue weighted by molar-refractivity contribution is 5.83. The van der Waals surface area contributed by atoms with E-state index >= 15 is 0 Å². The van der Waals surface area contributed by atoms with E-state index in [1.165, 1.54) is 11.1 Å². The highest BCUT2D eigenvalue weighted by atomic mass is 16.2. The predicted molar refractivity (Wildman–Crippen MR) is 91.3 cm³/mol. The lowest BCUT2D eigenvalue weighted by molar-refractivity contribution is -0.139. The van der Waals surface area contributed by atoms with Crippen molar-refractivity contribution in [2.24, 2.45) is 0 Å². The van der Waals surface area contributed by atoms with Crippen molar-refractivity contribution in [3.8, 4) is 0 Å². The van der Waals surface area contributed by atoms with Crippen molar-refractivity contribution >= 4 is 11.8 Å². The zero-order valence-electron chi connectivity index (χ0n) is 14.0. The first-order chi connectivity index (χ1) is 11.7. The summed E-state index contributed by atoms with van der Waals surface area (Å²) in [5, 5.41) is 3.39. The van der Waals surface area contributed by atoms with Crippen LogP contribution in [-0.2, 0) is 22.6 Å². The highest BCUT2D eigenvalue weighted by Gasteiger charge is 2.35. The highest BCUT2D eigenvalue weighted by Crippen LogP contribution is 2.23. The number of likely N-dealkylation sites (tertiary alicyclic amines) is 2. The molecule has 2 saturated heterocycles. The largest absolute Gasteiger partial charge is 0.339 e. The summed E-state index contributed by atoms with van der Waals surface area (Å²) in [6.45, 7) is 3.14. The van der Waals surface area contributed by atoms with Crippen LogP contribution in [0.4, 0.5) is 0 Å². The fourth-order valence-corrected chi connectivity index (χ4v) is 4.31. The second-order valence-corrected chi connectivity index (χ2v) is 7.18. The van der Waals surface area contributed by atoms with Gasteiger partial charge >= 0.3 is 0 Å². The van der Waals surface area contributed by atoms with Crippen LogP contribution in [0.15, 0.2) is 24.3 Å². The van der Waals surface area contributed by atoms with Gasteiger partial charge in [-0.1, -0.05) is 24.3 Å². The molecule has 1 aromatic rings. The first kappa shape index (κ1) is 15.6. The number of nitrogens with zero attached hydrogens (tertiary/aromatic N) is 2. The van der Waals surface area contributed by atoms with Crippen LogP contribution in [0.2, 0.25) is 0 Å². The third-order valence-electron chi connectivity index (χ3n) is 5.64. The SMILES string of the molecule is O=C([C@@H]1Cc2ccccc2CN1)N1CCC[C@@H](N2CCCC2=O)C1. The monoisotopic (exact) mass is 327 g/mol. The lowest BCUT2D eigenvalue weighted by Gasteiger charge is -2.39. The summed E-state index contributed by atoms with van der Waals surface area (Å²) < 4.78 is 0. The number of piperidine rings is 1. The van der Waals surface area contributed by atoms with Crippen LogP contribution < -0.4 is 5.32 Å². The quantitative estimate of drug-likeness (QED) is 0.891. The molecule has 24 heavy (non-hydrogen) atoms. The fourth-order valence-electron chi connectivity index (χ4n) is 4.31. The Balaban J connectivity index is 1.42. The van der Waals surface area contributed by atoms with E-state index in [0.717, 1.165) is 45.3 Å². The van der Waals surface area contributed by atoms with Crippen molar-refractivity contribution in [3.63, 3.8) is 0 Å². The Kier molecular flexibility index (Phi) is 4.27. The molecule has 3 heterocycles. The number of benzene rings is 1. The smallest absolute Gasteiger partial charge is 0.240 e. The number of rotatable bonds is 2. The maximum absolute atomic E-state index is 13.0. The number of fused-ring (bicyclic) bond motifs is 1. The van der Waals surface area contributed by atoms with E-state index < -0.39 is 0 Å². The number of nitrogens with one attached hydrogen (secondary N) is 1. The lowest BCUT2D eigenvalue weighted by Crippen LogP contribution is -2.55. The van der Waals surface area contributed by atoms with E-state index in [0.29, 0.717) is 13.0 Å². The van der Waals surface area contributed by atoms with Crippen LogP contribution in [0, 0.1) is 0 Å². The summed E-state index contributed by atoms with van der Waals surface area (Å²) in [7, 11) is 0. The van der Waals surface area contributed by atoms with E-state index in [9.17, 15) is 9.59 Å². The normalized spacial score (nSPS) is 27.2. The molecule has 0 aromatic heterocycles. The van der Waals surface area contributed by atoms with Gasteiger partial charge in [0.15, 0.2) is 0 Å². The first-order valence-corrected chi connectivity index (χ1v) is 9.11. The summed E-state index contributed by atoms with van der Waals surface area (Å²) in [4.78, 5) is 28.9. The van der Waals surface area contributed by atoms with Crippen LogP contribution in [0.1, 0.15) is 36.8 Å². The van der Waals surface area contributed by atoms with E-state index in [2.05, 4.69) is 17.4 Å². The molecule has 0 saturated carbocycles. The fraction of sp³-hybridized carbons (Fsp3) is 0.579. The molecule has 0 unspecified atom stereocenters. The molecule has 5 nitrogen and oxygen atoms in total. The predicted octanol–water partition coefficient (Wildman–Crippen LogP) is 1.31. The molecule has 3 aliphatic heterocycles. The van der Waals surface area contributed by atoms with Crippen LogP contribution in [0.5, 0.6) is 0 Å². The second-order valence-electron chi connectivity index (χ2n) is 7.18. The summed E-state index contributed by atoms with van der Waals surface area (Å²) in [6, 6.07) is 8.42. The van der Waals surface area contributed by atoms with E-state index in [1.54, 1.807) is 0 Å². The van der Waals surface area contributed by atoms with Gasteiger partial charge in [-0.05, 0) is 36.8 Å². The molecule has 1 N–H and O–H groups in total. The molecule has 2 fully saturated rings. The van der Waals surface area contributed by atoms with E-state index in [-0.39, 0.29) is 23.9 Å². The Morgan fingerprint density at radius 2 is 1.96 bits per heavy atom. The average Bonchev–Trinajstić information content (AvgIpc) is 3.07. The molecule has 0 spiro atoms. The van der Waals surface area contributed by atoms with Crippen molar-refractivity contribution in [3.05, 3.63) is 35.4 Å². The van der Waals surface area contributed by atoms with Crippen molar-refractivity contribution < 1.29 is 9.59 Å². The molecular formula is C19H25N3O2. The summed E-state index contributed by atoms with van der Waals surface area (Å²) in [6.07, 6.45) is 4.41. The van der Waals surface area contributed by atoms with Gasteiger partial charge in [-0.3, -0.25) is 9.59 Å². The Morgan fingerprint density at radius 1 is 1.12 bits per heavy atom. The Labute approximate surface area is 143 Å². The molecule has 0 bridgehead atoms. The minimum absolute atomic E-state index is 0.132. The minimum Gasteiger partial charge on any atom is -0.339 e. The second kappa shape index (κ2) is 6.55.